The largest absolute Gasteiger partial charge is 0.376 e. The second kappa shape index (κ2) is 6.07. The number of ether oxygens (including phenoxy) is 1. The normalized spacial score (nSPS) is 32.1. The molecule has 1 saturated carbocycles. The Morgan fingerprint density at radius 3 is 2.90 bits per heavy atom. The van der Waals surface area contributed by atoms with E-state index in [0.717, 1.165) is 17.5 Å². The Bertz CT molecular complexity index is 520. The molecule has 1 heterocycles. The Morgan fingerprint density at radius 1 is 1.48 bits per heavy atom. The quantitative estimate of drug-likeness (QED) is 0.872. The summed E-state index contributed by atoms with van der Waals surface area (Å²) >= 11 is 3.42. The highest BCUT2D eigenvalue weighted by atomic mass is 79.9. The lowest BCUT2D eigenvalue weighted by Gasteiger charge is -2.45. The fraction of sp³-hybridized carbons (Fsp3) is 0.562. The maximum absolute atomic E-state index is 12.2. The van der Waals surface area contributed by atoms with Gasteiger partial charge in [-0.3, -0.25) is 4.79 Å². The number of hydrogen-bond acceptors (Lipinski definition) is 3. The minimum absolute atomic E-state index is 0.0119. The van der Waals surface area contributed by atoms with Crippen LogP contribution in [0.3, 0.4) is 0 Å². The average molecular weight is 353 g/mol. The Balaban J connectivity index is 1.53. The fourth-order valence-corrected chi connectivity index (χ4v) is 3.62. The SMILES string of the molecule is CC(CC(=O)NC1C(N)C2CCOC21)c1ccc(Br)cc1. The van der Waals surface area contributed by atoms with Crippen molar-refractivity contribution in [1.29, 1.82) is 0 Å². The minimum atomic E-state index is -0.0119. The van der Waals surface area contributed by atoms with E-state index in [-0.39, 0.29) is 30.0 Å². The van der Waals surface area contributed by atoms with Gasteiger partial charge in [0.15, 0.2) is 0 Å². The van der Waals surface area contributed by atoms with Gasteiger partial charge in [0.05, 0.1) is 12.1 Å². The topological polar surface area (TPSA) is 64.4 Å². The first-order valence-electron chi connectivity index (χ1n) is 7.48. The molecular formula is C16H21BrN2O2. The Morgan fingerprint density at radius 2 is 2.19 bits per heavy atom. The van der Waals surface area contributed by atoms with Crippen molar-refractivity contribution in [2.45, 2.75) is 43.9 Å². The van der Waals surface area contributed by atoms with Crippen molar-refractivity contribution in [3.05, 3.63) is 34.3 Å². The van der Waals surface area contributed by atoms with Gasteiger partial charge in [0.25, 0.3) is 0 Å². The zero-order valence-electron chi connectivity index (χ0n) is 12.1. The monoisotopic (exact) mass is 352 g/mol. The molecule has 2 fully saturated rings. The summed E-state index contributed by atoms with van der Waals surface area (Å²) in [6.45, 7) is 2.84. The van der Waals surface area contributed by atoms with Crippen LogP contribution in [-0.2, 0) is 9.53 Å². The Kier molecular flexibility index (Phi) is 4.33. The molecule has 0 bridgehead atoms. The summed E-state index contributed by atoms with van der Waals surface area (Å²) in [6, 6.07) is 8.14. The number of benzene rings is 1. The highest BCUT2D eigenvalue weighted by Crippen LogP contribution is 2.37. The number of rotatable bonds is 4. The zero-order chi connectivity index (χ0) is 15.0. The molecule has 0 aromatic heterocycles. The predicted octanol–water partition coefficient (Wildman–Crippen LogP) is 2.17. The van der Waals surface area contributed by atoms with Gasteiger partial charge >= 0.3 is 0 Å². The molecule has 1 aliphatic heterocycles. The van der Waals surface area contributed by atoms with E-state index in [1.807, 2.05) is 24.3 Å². The van der Waals surface area contributed by atoms with Crippen LogP contribution >= 0.6 is 15.9 Å². The first kappa shape index (κ1) is 15.0. The summed E-state index contributed by atoms with van der Waals surface area (Å²) in [5.74, 6) is 0.675. The van der Waals surface area contributed by atoms with Crippen LogP contribution < -0.4 is 11.1 Å². The summed E-state index contributed by atoms with van der Waals surface area (Å²) in [4.78, 5) is 12.2. The number of halogens is 1. The van der Waals surface area contributed by atoms with Crippen molar-refractivity contribution < 1.29 is 9.53 Å². The van der Waals surface area contributed by atoms with E-state index in [2.05, 4.69) is 28.2 Å². The second-order valence-corrected chi connectivity index (χ2v) is 7.03. The van der Waals surface area contributed by atoms with E-state index in [4.69, 9.17) is 10.5 Å². The lowest BCUT2D eigenvalue weighted by molar-refractivity contribution is -0.126. The van der Waals surface area contributed by atoms with Gasteiger partial charge in [0.2, 0.25) is 5.91 Å². The van der Waals surface area contributed by atoms with Crippen molar-refractivity contribution >= 4 is 21.8 Å². The van der Waals surface area contributed by atoms with Crippen LogP contribution in [0, 0.1) is 5.92 Å². The third-order valence-corrected chi connectivity index (χ3v) is 5.23. The molecular weight excluding hydrogens is 332 g/mol. The molecule has 21 heavy (non-hydrogen) atoms. The van der Waals surface area contributed by atoms with Crippen LogP contribution in [0.25, 0.3) is 0 Å². The van der Waals surface area contributed by atoms with Crippen molar-refractivity contribution in [3.63, 3.8) is 0 Å². The van der Waals surface area contributed by atoms with Crippen LogP contribution in [0.5, 0.6) is 0 Å². The molecule has 3 rings (SSSR count). The molecule has 114 valence electrons. The molecule has 5 heteroatoms. The summed E-state index contributed by atoms with van der Waals surface area (Å²) in [6.07, 6.45) is 1.63. The van der Waals surface area contributed by atoms with E-state index in [9.17, 15) is 4.79 Å². The lowest BCUT2D eigenvalue weighted by atomic mass is 9.72. The van der Waals surface area contributed by atoms with Crippen LogP contribution in [0.2, 0.25) is 0 Å². The van der Waals surface area contributed by atoms with Crippen LogP contribution in [0.1, 0.15) is 31.2 Å². The van der Waals surface area contributed by atoms with Crippen molar-refractivity contribution in [3.8, 4) is 0 Å². The number of fused-ring (bicyclic) bond motifs is 1. The van der Waals surface area contributed by atoms with Gasteiger partial charge in [0.1, 0.15) is 0 Å². The summed E-state index contributed by atoms with van der Waals surface area (Å²) in [5.41, 5.74) is 7.28. The maximum atomic E-state index is 12.2. The third-order valence-electron chi connectivity index (χ3n) is 4.70. The standard InChI is InChI=1S/C16H21BrN2O2/c1-9(10-2-4-11(17)5-3-10)8-13(20)19-15-14(18)12-6-7-21-16(12)15/h2-5,9,12,14-16H,6-8,18H2,1H3,(H,19,20). The van der Waals surface area contributed by atoms with Gasteiger partial charge in [-0.2, -0.15) is 0 Å². The smallest absolute Gasteiger partial charge is 0.220 e. The van der Waals surface area contributed by atoms with Gasteiger partial charge < -0.3 is 15.8 Å². The van der Waals surface area contributed by atoms with Gasteiger partial charge in [-0.25, -0.2) is 0 Å². The second-order valence-electron chi connectivity index (χ2n) is 6.12. The zero-order valence-corrected chi connectivity index (χ0v) is 13.7. The average Bonchev–Trinajstić information content (AvgIpc) is 2.90. The first-order valence-corrected chi connectivity index (χ1v) is 8.27. The van der Waals surface area contributed by atoms with Gasteiger partial charge in [-0.05, 0) is 30.0 Å². The number of amides is 1. The molecule has 0 spiro atoms. The third kappa shape index (κ3) is 3.00. The first-order chi connectivity index (χ1) is 10.1. The molecule has 5 atom stereocenters. The number of carbonyl (C=O) groups is 1. The number of nitrogens with one attached hydrogen (secondary N) is 1. The number of hydrogen-bond donors (Lipinski definition) is 2. The molecule has 3 N–H and O–H groups in total. The Labute approximate surface area is 133 Å². The minimum Gasteiger partial charge on any atom is -0.376 e. The molecule has 1 amide bonds. The summed E-state index contributed by atoms with van der Waals surface area (Å²) in [7, 11) is 0. The predicted molar refractivity (Wildman–Crippen MR) is 84.9 cm³/mol. The molecule has 1 aromatic carbocycles. The van der Waals surface area contributed by atoms with Crippen LogP contribution in [0.4, 0.5) is 0 Å². The maximum Gasteiger partial charge on any atom is 0.220 e. The van der Waals surface area contributed by atoms with Gasteiger partial charge in [-0.1, -0.05) is 35.0 Å². The summed E-state index contributed by atoms with van der Waals surface area (Å²) in [5, 5.41) is 3.05. The van der Waals surface area contributed by atoms with Gasteiger partial charge in [-0.15, -0.1) is 0 Å². The highest BCUT2D eigenvalue weighted by molar-refractivity contribution is 9.10. The van der Waals surface area contributed by atoms with Crippen molar-refractivity contribution in [1.82, 2.24) is 5.32 Å². The van der Waals surface area contributed by atoms with E-state index in [1.165, 1.54) is 5.56 Å². The fourth-order valence-electron chi connectivity index (χ4n) is 3.36. The molecule has 1 aliphatic carbocycles. The van der Waals surface area contributed by atoms with E-state index >= 15 is 0 Å². The number of nitrogens with two attached hydrogens (primary N) is 1. The molecule has 5 unspecified atom stereocenters. The molecule has 4 nitrogen and oxygen atoms in total. The van der Waals surface area contributed by atoms with Crippen LogP contribution in [0.15, 0.2) is 28.7 Å². The highest BCUT2D eigenvalue weighted by Gasteiger charge is 2.52. The molecule has 1 saturated heterocycles. The van der Waals surface area contributed by atoms with Crippen molar-refractivity contribution in [2.24, 2.45) is 11.7 Å². The molecule has 1 aromatic rings. The molecule has 2 aliphatic rings. The van der Waals surface area contributed by atoms with E-state index in [1.54, 1.807) is 0 Å². The number of carbonyl (C=O) groups excluding carboxylic acids is 1. The summed E-state index contributed by atoms with van der Waals surface area (Å²) < 4.78 is 6.69. The van der Waals surface area contributed by atoms with Crippen molar-refractivity contribution in [2.75, 3.05) is 6.61 Å². The van der Waals surface area contributed by atoms with Gasteiger partial charge in [0, 0.05) is 29.5 Å². The van der Waals surface area contributed by atoms with Crippen LogP contribution in [-0.4, -0.2) is 30.7 Å². The molecule has 0 radical (unpaired) electrons. The lowest BCUT2D eigenvalue weighted by Crippen LogP contribution is -2.69. The van der Waals surface area contributed by atoms with E-state index < -0.39 is 0 Å². The van der Waals surface area contributed by atoms with E-state index in [0.29, 0.717) is 12.3 Å². The Hall–Kier alpha value is -0.910.